The van der Waals surface area contributed by atoms with Crippen molar-refractivity contribution in [2.24, 2.45) is 0 Å². The number of thiazole rings is 1. The first-order valence-corrected chi connectivity index (χ1v) is 9.13. The van der Waals surface area contributed by atoms with Gasteiger partial charge in [-0.25, -0.2) is 9.37 Å². The number of aromatic nitrogens is 1. The van der Waals surface area contributed by atoms with Gasteiger partial charge in [0.1, 0.15) is 17.3 Å². The van der Waals surface area contributed by atoms with Gasteiger partial charge in [-0.1, -0.05) is 15.9 Å². The fourth-order valence-corrected chi connectivity index (χ4v) is 3.35. The molecule has 0 unspecified atom stereocenters. The van der Waals surface area contributed by atoms with Crippen molar-refractivity contribution in [1.82, 2.24) is 4.98 Å². The molecule has 1 amide bonds. The molecule has 2 aromatic carbocycles. The van der Waals surface area contributed by atoms with Crippen LogP contribution in [0.5, 0.6) is 11.5 Å². The molecule has 0 saturated heterocycles. The van der Waals surface area contributed by atoms with E-state index in [1.807, 2.05) is 0 Å². The maximum Gasteiger partial charge on any atom is 0.260 e. The van der Waals surface area contributed by atoms with Gasteiger partial charge >= 0.3 is 0 Å². The quantitative estimate of drug-likeness (QED) is 0.612. The van der Waals surface area contributed by atoms with E-state index in [4.69, 9.17) is 9.47 Å². The molecule has 1 aromatic heterocycles. The van der Waals surface area contributed by atoms with Crippen LogP contribution in [-0.4, -0.2) is 25.1 Å². The van der Waals surface area contributed by atoms with Crippen LogP contribution in [0.4, 0.5) is 9.52 Å². The van der Waals surface area contributed by atoms with Crippen LogP contribution in [0, 0.1) is 5.82 Å². The molecule has 8 heteroatoms. The fraction of sp³-hybridized carbons (Fsp3) is 0.111. The molecule has 0 aliphatic carbocycles. The summed E-state index contributed by atoms with van der Waals surface area (Å²) in [5.41, 5.74) is 1.31. The summed E-state index contributed by atoms with van der Waals surface area (Å²) in [5, 5.41) is 4.76. The van der Waals surface area contributed by atoms with Crippen molar-refractivity contribution >= 4 is 38.3 Å². The molecule has 0 aliphatic rings. The van der Waals surface area contributed by atoms with Crippen molar-refractivity contribution in [2.75, 3.05) is 19.5 Å². The maximum absolute atomic E-state index is 13.9. The number of hydrogen-bond acceptors (Lipinski definition) is 5. The van der Waals surface area contributed by atoms with Crippen molar-refractivity contribution in [3.63, 3.8) is 0 Å². The lowest BCUT2D eigenvalue weighted by molar-refractivity contribution is 0.102. The van der Waals surface area contributed by atoms with Crippen LogP contribution in [0.25, 0.3) is 11.3 Å². The maximum atomic E-state index is 13.9. The lowest BCUT2D eigenvalue weighted by atomic mass is 10.1. The number of nitrogens with zero attached hydrogens (tertiary/aromatic N) is 1. The molecule has 0 fully saturated rings. The van der Waals surface area contributed by atoms with Gasteiger partial charge in [0, 0.05) is 15.4 Å². The summed E-state index contributed by atoms with van der Waals surface area (Å²) in [7, 11) is 3.14. The number of halogens is 2. The van der Waals surface area contributed by atoms with Gasteiger partial charge < -0.3 is 9.47 Å². The fourth-order valence-electron chi connectivity index (χ4n) is 2.31. The van der Waals surface area contributed by atoms with Gasteiger partial charge in [0.25, 0.3) is 5.91 Å². The summed E-state index contributed by atoms with van der Waals surface area (Å²) in [6, 6.07) is 9.62. The summed E-state index contributed by atoms with van der Waals surface area (Å²) < 4.78 is 25.1. The molecule has 3 rings (SSSR count). The monoisotopic (exact) mass is 436 g/mol. The number of ether oxygens (including phenoxy) is 2. The van der Waals surface area contributed by atoms with Gasteiger partial charge in [-0.05, 0) is 36.4 Å². The number of methoxy groups -OCH3 is 2. The molecule has 0 spiro atoms. The second-order valence-electron chi connectivity index (χ2n) is 5.18. The van der Waals surface area contributed by atoms with Crippen LogP contribution >= 0.6 is 27.3 Å². The molecular formula is C18H14BrFN2O3S. The molecule has 3 aromatic rings. The van der Waals surface area contributed by atoms with E-state index in [1.165, 1.54) is 23.5 Å². The Morgan fingerprint density at radius 2 is 2.00 bits per heavy atom. The Morgan fingerprint density at radius 3 is 2.69 bits per heavy atom. The third-order valence-corrected chi connectivity index (χ3v) is 4.83. The first-order valence-electron chi connectivity index (χ1n) is 7.46. The minimum Gasteiger partial charge on any atom is -0.497 e. The normalized spacial score (nSPS) is 10.5. The smallest absolute Gasteiger partial charge is 0.260 e. The zero-order valence-electron chi connectivity index (χ0n) is 13.9. The predicted octanol–water partition coefficient (Wildman–Crippen LogP) is 4.98. The SMILES string of the molecule is COc1ccc(OC)c(-c2csc(NC(=O)c3ccc(Br)cc3F)n2)c1. The van der Waals surface area contributed by atoms with Crippen LogP contribution in [-0.2, 0) is 0 Å². The number of benzene rings is 2. The molecule has 0 atom stereocenters. The average Bonchev–Trinajstić information content (AvgIpc) is 3.09. The Bertz CT molecular complexity index is 961. The van der Waals surface area contributed by atoms with Crippen molar-refractivity contribution in [3.05, 3.63) is 57.6 Å². The first-order chi connectivity index (χ1) is 12.5. The van der Waals surface area contributed by atoms with E-state index < -0.39 is 11.7 Å². The molecule has 0 aliphatic heterocycles. The molecule has 134 valence electrons. The number of carbonyl (C=O) groups is 1. The summed E-state index contributed by atoms with van der Waals surface area (Å²) >= 11 is 4.40. The van der Waals surface area contributed by atoms with E-state index >= 15 is 0 Å². The first kappa shape index (κ1) is 18.3. The highest BCUT2D eigenvalue weighted by molar-refractivity contribution is 9.10. The van der Waals surface area contributed by atoms with Crippen LogP contribution in [0.3, 0.4) is 0 Å². The van der Waals surface area contributed by atoms with Crippen molar-refractivity contribution < 1.29 is 18.7 Å². The van der Waals surface area contributed by atoms with Crippen molar-refractivity contribution in [1.29, 1.82) is 0 Å². The molecule has 5 nitrogen and oxygen atoms in total. The van der Waals surface area contributed by atoms with Gasteiger partial charge in [-0.15, -0.1) is 11.3 Å². The molecule has 1 N–H and O–H groups in total. The van der Waals surface area contributed by atoms with E-state index in [0.29, 0.717) is 26.8 Å². The number of hydrogen-bond donors (Lipinski definition) is 1. The Hall–Kier alpha value is -2.45. The second-order valence-corrected chi connectivity index (χ2v) is 6.96. The van der Waals surface area contributed by atoms with Crippen LogP contribution in [0.2, 0.25) is 0 Å². The lowest BCUT2D eigenvalue weighted by Crippen LogP contribution is -2.13. The van der Waals surface area contributed by atoms with Gasteiger partial charge in [-0.3, -0.25) is 10.1 Å². The minimum atomic E-state index is -0.608. The third-order valence-electron chi connectivity index (χ3n) is 3.58. The van der Waals surface area contributed by atoms with Gasteiger partial charge in [0.05, 0.1) is 25.5 Å². The van der Waals surface area contributed by atoms with E-state index in [0.717, 1.165) is 5.56 Å². The van der Waals surface area contributed by atoms with Gasteiger partial charge in [-0.2, -0.15) is 0 Å². The molecule has 1 heterocycles. The highest BCUT2D eigenvalue weighted by Crippen LogP contribution is 2.35. The number of nitrogens with one attached hydrogen (secondary N) is 1. The van der Waals surface area contributed by atoms with Crippen LogP contribution in [0.15, 0.2) is 46.3 Å². The van der Waals surface area contributed by atoms with Gasteiger partial charge in [0.15, 0.2) is 5.13 Å². The topological polar surface area (TPSA) is 60.5 Å². The van der Waals surface area contributed by atoms with E-state index in [9.17, 15) is 9.18 Å². The molecule has 26 heavy (non-hydrogen) atoms. The van der Waals surface area contributed by atoms with Crippen molar-refractivity contribution in [3.8, 4) is 22.8 Å². The van der Waals surface area contributed by atoms with E-state index in [-0.39, 0.29) is 5.56 Å². The highest BCUT2D eigenvalue weighted by Gasteiger charge is 2.16. The zero-order chi connectivity index (χ0) is 18.7. The number of rotatable bonds is 5. The Balaban J connectivity index is 1.85. The van der Waals surface area contributed by atoms with Gasteiger partial charge in [0.2, 0.25) is 0 Å². The Kier molecular flexibility index (Phi) is 5.53. The lowest BCUT2D eigenvalue weighted by Gasteiger charge is -2.08. The largest absolute Gasteiger partial charge is 0.497 e. The predicted molar refractivity (Wildman–Crippen MR) is 103 cm³/mol. The standard InChI is InChI=1S/C18H14BrFN2O3S/c1-24-11-4-6-16(25-2)13(8-11)15-9-26-18(21-15)22-17(23)12-5-3-10(19)7-14(12)20/h3-9H,1-2H3,(H,21,22,23). The molecule has 0 radical (unpaired) electrons. The van der Waals surface area contributed by atoms with E-state index in [1.54, 1.807) is 43.9 Å². The van der Waals surface area contributed by atoms with Crippen molar-refractivity contribution in [2.45, 2.75) is 0 Å². The molecular weight excluding hydrogens is 423 g/mol. The average molecular weight is 437 g/mol. The summed E-state index contributed by atoms with van der Waals surface area (Å²) in [6.07, 6.45) is 0. The zero-order valence-corrected chi connectivity index (χ0v) is 16.3. The van der Waals surface area contributed by atoms with Crippen LogP contribution in [0.1, 0.15) is 10.4 Å². The summed E-state index contributed by atoms with van der Waals surface area (Å²) in [6.45, 7) is 0. The van der Waals surface area contributed by atoms with E-state index in [2.05, 4.69) is 26.2 Å². The summed E-state index contributed by atoms with van der Waals surface area (Å²) in [5.74, 6) is 0.126. The molecule has 0 bridgehead atoms. The third kappa shape index (κ3) is 3.86. The number of anilines is 1. The highest BCUT2D eigenvalue weighted by atomic mass is 79.9. The van der Waals surface area contributed by atoms with Crippen LogP contribution < -0.4 is 14.8 Å². The number of carbonyl (C=O) groups excluding carboxylic acids is 1. The minimum absolute atomic E-state index is 0.0519. The molecule has 0 saturated carbocycles. The Labute approximate surface area is 161 Å². The Morgan fingerprint density at radius 1 is 1.19 bits per heavy atom. The summed E-state index contributed by atoms with van der Waals surface area (Å²) in [4.78, 5) is 16.7. The number of amides is 1. The second kappa shape index (κ2) is 7.84.